The van der Waals surface area contributed by atoms with Gasteiger partial charge in [-0.15, -0.1) is 0 Å². The number of amides is 2. The molecule has 1 aliphatic rings. The second-order valence-electron chi connectivity index (χ2n) is 7.84. The number of hydrogen-bond donors (Lipinski definition) is 3. The normalized spacial score (nSPS) is 12.5. The van der Waals surface area contributed by atoms with Crippen molar-refractivity contribution >= 4 is 46.4 Å². The molecule has 5 N–H and O–H groups in total. The number of fused-ring (bicyclic) bond motifs is 1. The van der Waals surface area contributed by atoms with Gasteiger partial charge in [0.1, 0.15) is 0 Å². The Morgan fingerprint density at radius 2 is 1.76 bits per heavy atom. The van der Waals surface area contributed by atoms with E-state index in [0.29, 0.717) is 33.5 Å². The molecule has 0 aliphatic carbocycles. The van der Waals surface area contributed by atoms with Crippen molar-refractivity contribution in [1.29, 1.82) is 0 Å². The fraction of sp³-hybridized carbons (Fsp3) is 0.120. The number of nitrogen functional groups attached to an aromatic ring is 1. The maximum Gasteiger partial charge on any atom is 0.256 e. The second-order valence-corrected chi connectivity index (χ2v) is 8.65. The van der Waals surface area contributed by atoms with Crippen LogP contribution in [-0.2, 0) is 17.9 Å². The number of nitrogens with one attached hydrogen (secondary N) is 1. The summed E-state index contributed by atoms with van der Waals surface area (Å²) in [5.74, 6) is -0.851. The zero-order valence-electron chi connectivity index (χ0n) is 17.7. The van der Waals surface area contributed by atoms with Crippen LogP contribution in [0.5, 0.6) is 0 Å². The average Bonchev–Trinajstić information content (AvgIpc) is 3.12. The first-order valence-corrected chi connectivity index (χ1v) is 11.0. The minimum Gasteiger partial charge on any atom is -0.396 e. The van der Waals surface area contributed by atoms with Gasteiger partial charge >= 0.3 is 0 Å². The number of rotatable bonds is 7. The van der Waals surface area contributed by atoms with Gasteiger partial charge in [0, 0.05) is 24.4 Å². The summed E-state index contributed by atoms with van der Waals surface area (Å²) in [6.07, 6.45) is 0. The molecule has 0 aromatic heterocycles. The quantitative estimate of drug-likeness (QED) is 0.332. The number of anilines is 2. The van der Waals surface area contributed by atoms with E-state index in [1.807, 2.05) is 42.5 Å². The number of nitrogens with two attached hydrogens (primary N) is 2. The number of hydrogen-bond acceptors (Lipinski definition) is 4. The number of carbonyl (C=O) groups excluding carboxylic acids is 2. The van der Waals surface area contributed by atoms with Crippen LogP contribution in [0.15, 0.2) is 66.7 Å². The molecule has 33 heavy (non-hydrogen) atoms. The third kappa shape index (κ3) is 4.53. The zero-order chi connectivity index (χ0) is 23.7. The molecule has 0 spiro atoms. The lowest BCUT2D eigenvalue weighted by Gasteiger charge is -2.16. The van der Waals surface area contributed by atoms with Crippen LogP contribution in [0.25, 0.3) is 11.1 Å². The summed E-state index contributed by atoms with van der Waals surface area (Å²) in [5.41, 5.74) is 16.4. The van der Waals surface area contributed by atoms with Gasteiger partial charge in [-0.2, -0.15) is 0 Å². The minimum absolute atomic E-state index is 0.0453. The zero-order valence-corrected chi connectivity index (χ0v) is 19.2. The van der Waals surface area contributed by atoms with Gasteiger partial charge in [0.15, 0.2) is 0 Å². The molecule has 0 radical (unpaired) electrons. The van der Waals surface area contributed by atoms with Crippen LogP contribution in [0, 0.1) is 0 Å². The smallest absolute Gasteiger partial charge is 0.256 e. The van der Waals surface area contributed by atoms with Crippen molar-refractivity contribution in [2.45, 2.75) is 13.1 Å². The van der Waals surface area contributed by atoms with Crippen molar-refractivity contribution in [2.24, 2.45) is 5.73 Å². The van der Waals surface area contributed by atoms with E-state index < -0.39 is 5.91 Å². The van der Waals surface area contributed by atoms with Gasteiger partial charge in [-0.3, -0.25) is 9.59 Å². The molecule has 3 aromatic rings. The van der Waals surface area contributed by atoms with Crippen LogP contribution in [0.2, 0.25) is 10.0 Å². The molecule has 8 heteroatoms. The Morgan fingerprint density at radius 3 is 2.39 bits per heavy atom. The molecule has 0 unspecified atom stereocenters. The minimum atomic E-state index is -0.640. The predicted octanol–water partition coefficient (Wildman–Crippen LogP) is 4.85. The maximum atomic E-state index is 13.4. The van der Waals surface area contributed by atoms with Crippen molar-refractivity contribution in [3.8, 4) is 11.1 Å². The van der Waals surface area contributed by atoms with Gasteiger partial charge in [0.05, 0.1) is 27.8 Å². The summed E-state index contributed by atoms with van der Waals surface area (Å²) in [6, 6.07) is 17.1. The average molecular weight is 481 g/mol. The highest BCUT2D eigenvalue weighted by molar-refractivity contribution is 6.39. The first-order chi connectivity index (χ1) is 15.8. The summed E-state index contributed by atoms with van der Waals surface area (Å²) in [7, 11) is 0. The summed E-state index contributed by atoms with van der Waals surface area (Å²) < 4.78 is 0. The largest absolute Gasteiger partial charge is 0.396 e. The Kier molecular flexibility index (Phi) is 6.31. The molecule has 4 rings (SSSR count). The van der Waals surface area contributed by atoms with Crippen LogP contribution >= 0.6 is 23.2 Å². The third-order valence-electron chi connectivity index (χ3n) is 5.61. The lowest BCUT2D eigenvalue weighted by molar-refractivity contribution is -0.114. The molecule has 2 amide bonds. The number of carbonyl (C=O) groups is 2. The second kappa shape index (κ2) is 9.17. The van der Waals surface area contributed by atoms with Crippen LogP contribution in [0.1, 0.15) is 21.5 Å². The first-order valence-electron chi connectivity index (χ1n) is 10.2. The van der Waals surface area contributed by atoms with Gasteiger partial charge in [0.2, 0.25) is 5.91 Å². The van der Waals surface area contributed by atoms with Crippen molar-refractivity contribution in [3.63, 3.8) is 0 Å². The molecular weight excluding hydrogens is 459 g/mol. The van der Waals surface area contributed by atoms with E-state index in [1.54, 1.807) is 17.0 Å². The Balaban J connectivity index is 1.76. The predicted molar refractivity (Wildman–Crippen MR) is 133 cm³/mol. The molecule has 0 saturated carbocycles. The Labute approximate surface area is 201 Å². The third-order valence-corrected chi connectivity index (χ3v) is 6.23. The molecule has 6 nitrogen and oxygen atoms in total. The van der Waals surface area contributed by atoms with E-state index in [2.05, 4.69) is 11.9 Å². The molecule has 3 aromatic carbocycles. The van der Waals surface area contributed by atoms with E-state index in [0.717, 1.165) is 22.3 Å². The van der Waals surface area contributed by atoms with Gasteiger partial charge in [-0.05, 0) is 40.5 Å². The van der Waals surface area contributed by atoms with Crippen LogP contribution < -0.4 is 16.8 Å². The number of halogens is 2. The summed E-state index contributed by atoms with van der Waals surface area (Å²) in [5, 5.41) is 4.03. The van der Waals surface area contributed by atoms with Gasteiger partial charge in [-0.1, -0.05) is 66.2 Å². The molecule has 168 valence electrons. The Bertz CT molecular complexity index is 1250. The summed E-state index contributed by atoms with van der Waals surface area (Å²) in [4.78, 5) is 26.4. The van der Waals surface area contributed by atoms with Gasteiger partial charge in [-0.25, -0.2) is 0 Å². The van der Waals surface area contributed by atoms with E-state index in [1.165, 1.54) is 0 Å². The molecule has 0 saturated heterocycles. The monoisotopic (exact) mass is 480 g/mol. The molecule has 1 aliphatic heterocycles. The van der Waals surface area contributed by atoms with Crippen molar-refractivity contribution in [2.75, 3.05) is 17.6 Å². The van der Waals surface area contributed by atoms with Crippen LogP contribution in [-0.4, -0.2) is 23.3 Å². The van der Waals surface area contributed by atoms with Crippen LogP contribution in [0.4, 0.5) is 11.4 Å². The molecule has 0 bridgehead atoms. The highest BCUT2D eigenvalue weighted by atomic mass is 35.5. The topological polar surface area (TPSA) is 101 Å². The SMILES string of the molecule is C=C(CN1Cc2c(-c3cc(Cl)c(N)c(Cl)c3)ccc(NCc3ccccc3)c2C1=O)C(N)=O. The first kappa shape index (κ1) is 22.7. The number of benzene rings is 3. The van der Waals surface area contributed by atoms with E-state index in [-0.39, 0.29) is 24.6 Å². The fourth-order valence-electron chi connectivity index (χ4n) is 3.86. The van der Waals surface area contributed by atoms with Gasteiger partial charge in [0.25, 0.3) is 5.91 Å². The highest BCUT2D eigenvalue weighted by Crippen LogP contribution is 2.40. The fourth-order valence-corrected chi connectivity index (χ4v) is 4.35. The maximum absolute atomic E-state index is 13.4. The Hall–Kier alpha value is -3.48. The lowest BCUT2D eigenvalue weighted by Crippen LogP contribution is -2.30. The molecule has 1 heterocycles. The number of primary amides is 1. The van der Waals surface area contributed by atoms with Crippen molar-refractivity contribution in [1.82, 2.24) is 4.90 Å². The standard InChI is InChI=1S/C25H22Cl2N4O2/c1-14(24(29)32)12-31-13-18-17(16-9-19(26)23(28)20(27)10-16)7-8-21(22(18)25(31)33)30-11-15-5-3-2-4-6-15/h2-10,30H,1,11-13,28H2,(H2,29,32). The lowest BCUT2D eigenvalue weighted by atomic mass is 9.95. The van der Waals surface area contributed by atoms with Crippen LogP contribution in [0.3, 0.4) is 0 Å². The molecule has 0 atom stereocenters. The van der Waals surface area contributed by atoms with E-state index in [9.17, 15) is 9.59 Å². The van der Waals surface area contributed by atoms with Gasteiger partial charge < -0.3 is 21.7 Å². The highest BCUT2D eigenvalue weighted by Gasteiger charge is 2.33. The van der Waals surface area contributed by atoms with E-state index >= 15 is 0 Å². The van der Waals surface area contributed by atoms with E-state index in [4.69, 9.17) is 34.7 Å². The Morgan fingerprint density at radius 1 is 1.09 bits per heavy atom. The molecule has 0 fully saturated rings. The number of nitrogens with zero attached hydrogens (tertiary/aromatic N) is 1. The summed E-state index contributed by atoms with van der Waals surface area (Å²) >= 11 is 12.5. The summed E-state index contributed by atoms with van der Waals surface area (Å²) in [6.45, 7) is 4.58. The van der Waals surface area contributed by atoms with Crippen molar-refractivity contribution in [3.05, 3.63) is 93.5 Å². The molecular formula is C25H22Cl2N4O2. The van der Waals surface area contributed by atoms with Crippen molar-refractivity contribution < 1.29 is 9.59 Å².